The lowest BCUT2D eigenvalue weighted by Crippen LogP contribution is -2.37. The van der Waals surface area contributed by atoms with Crippen molar-refractivity contribution in [3.8, 4) is 5.00 Å². The molecule has 1 unspecified atom stereocenters. The van der Waals surface area contributed by atoms with Crippen molar-refractivity contribution in [1.82, 2.24) is 25.1 Å². The molecule has 1 atom stereocenters. The summed E-state index contributed by atoms with van der Waals surface area (Å²) in [6.45, 7) is 1.07. The third kappa shape index (κ3) is 3.19. The van der Waals surface area contributed by atoms with Crippen LogP contribution in [0.3, 0.4) is 0 Å². The lowest BCUT2D eigenvalue weighted by molar-refractivity contribution is -0.122. The van der Waals surface area contributed by atoms with E-state index in [1.807, 2.05) is 11.4 Å². The van der Waals surface area contributed by atoms with Crippen LogP contribution in [0.1, 0.15) is 12.8 Å². The van der Waals surface area contributed by atoms with Crippen molar-refractivity contribution < 1.29 is 9.53 Å². The van der Waals surface area contributed by atoms with Gasteiger partial charge in [0.05, 0.1) is 6.10 Å². The number of tetrazole rings is 1. The second kappa shape index (κ2) is 6.19. The number of aromatic nitrogens is 4. The monoisotopic (exact) mass is 309 g/mol. The molecule has 0 aliphatic carbocycles. The number of hydrogen-bond donors (Lipinski definition) is 1. The van der Waals surface area contributed by atoms with E-state index < -0.39 is 5.69 Å². The minimum absolute atomic E-state index is 0.0764. The molecule has 0 spiro atoms. The van der Waals surface area contributed by atoms with Gasteiger partial charge in [0.15, 0.2) is 0 Å². The van der Waals surface area contributed by atoms with Crippen molar-refractivity contribution in [2.24, 2.45) is 0 Å². The van der Waals surface area contributed by atoms with Crippen molar-refractivity contribution in [2.45, 2.75) is 25.5 Å². The fraction of sp³-hybridized carbons (Fsp3) is 0.500. The highest BCUT2D eigenvalue weighted by Crippen LogP contribution is 2.11. The summed E-state index contributed by atoms with van der Waals surface area (Å²) in [6.07, 6.45) is 2.05. The number of ether oxygens (including phenoxy) is 1. The Hall–Kier alpha value is -2.00. The van der Waals surface area contributed by atoms with E-state index in [-0.39, 0.29) is 18.6 Å². The molecule has 0 aromatic carbocycles. The Kier molecular flexibility index (Phi) is 4.11. The molecule has 1 aliphatic rings. The number of carbonyl (C=O) groups excluding carboxylic acids is 1. The molecule has 9 heteroatoms. The molecule has 1 amide bonds. The standard InChI is InChI=1S/C12H15N5O3S/c18-10(13-7-9-3-1-5-20-9)8-16-12(19)17(15-14-16)11-4-2-6-21-11/h2,4,6,9H,1,3,5,7-8H2,(H,13,18). The molecule has 1 N–H and O–H groups in total. The Morgan fingerprint density at radius 3 is 3.14 bits per heavy atom. The van der Waals surface area contributed by atoms with Crippen LogP contribution in [-0.2, 0) is 16.1 Å². The Balaban J connectivity index is 1.60. The highest BCUT2D eigenvalue weighted by atomic mass is 32.1. The lowest BCUT2D eigenvalue weighted by Gasteiger charge is -2.10. The van der Waals surface area contributed by atoms with Crippen LogP contribution in [0.25, 0.3) is 5.00 Å². The first kappa shape index (κ1) is 14.0. The summed E-state index contributed by atoms with van der Waals surface area (Å²) >= 11 is 1.38. The van der Waals surface area contributed by atoms with E-state index in [1.165, 1.54) is 16.0 Å². The van der Waals surface area contributed by atoms with Crippen LogP contribution in [-0.4, -0.2) is 45.0 Å². The Labute approximate surface area is 124 Å². The molecule has 8 nitrogen and oxygen atoms in total. The maximum Gasteiger partial charge on any atom is 0.369 e. The molecule has 2 aromatic heterocycles. The van der Waals surface area contributed by atoms with Crippen LogP contribution in [0.5, 0.6) is 0 Å². The lowest BCUT2D eigenvalue weighted by atomic mass is 10.2. The smallest absolute Gasteiger partial charge is 0.369 e. The van der Waals surface area contributed by atoms with E-state index in [1.54, 1.807) is 6.07 Å². The van der Waals surface area contributed by atoms with Gasteiger partial charge < -0.3 is 10.1 Å². The van der Waals surface area contributed by atoms with Gasteiger partial charge in [-0.3, -0.25) is 4.79 Å². The number of hydrogen-bond acceptors (Lipinski definition) is 6. The summed E-state index contributed by atoms with van der Waals surface area (Å²) in [4.78, 5) is 23.9. The Morgan fingerprint density at radius 1 is 1.52 bits per heavy atom. The van der Waals surface area contributed by atoms with Gasteiger partial charge in [0.2, 0.25) is 5.91 Å². The van der Waals surface area contributed by atoms with Crippen molar-refractivity contribution >= 4 is 17.2 Å². The van der Waals surface area contributed by atoms with Crippen molar-refractivity contribution in [2.75, 3.05) is 13.2 Å². The third-order valence-corrected chi connectivity index (χ3v) is 4.04. The van der Waals surface area contributed by atoms with Crippen LogP contribution in [0, 0.1) is 0 Å². The summed E-state index contributed by atoms with van der Waals surface area (Å²) in [7, 11) is 0. The average molecular weight is 309 g/mol. The van der Waals surface area contributed by atoms with Crippen molar-refractivity contribution in [1.29, 1.82) is 0 Å². The number of amides is 1. The number of nitrogens with one attached hydrogen (secondary N) is 1. The average Bonchev–Trinajstić information content (AvgIpc) is 3.19. The van der Waals surface area contributed by atoms with Gasteiger partial charge in [-0.25, -0.2) is 4.79 Å². The van der Waals surface area contributed by atoms with Crippen molar-refractivity contribution in [3.05, 3.63) is 28.0 Å². The van der Waals surface area contributed by atoms with Crippen LogP contribution >= 0.6 is 11.3 Å². The summed E-state index contributed by atoms with van der Waals surface area (Å²) < 4.78 is 7.64. The summed E-state index contributed by atoms with van der Waals surface area (Å²) in [5.41, 5.74) is -0.426. The predicted octanol–water partition coefficient (Wildman–Crippen LogP) is -0.214. The summed E-state index contributed by atoms with van der Waals surface area (Å²) in [5.74, 6) is -0.272. The first-order valence-electron chi connectivity index (χ1n) is 6.69. The molecule has 0 radical (unpaired) electrons. The van der Waals surface area contributed by atoms with Gasteiger partial charge in [-0.1, -0.05) is 0 Å². The third-order valence-electron chi connectivity index (χ3n) is 3.20. The minimum Gasteiger partial charge on any atom is -0.376 e. The van der Waals surface area contributed by atoms with Crippen LogP contribution < -0.4 is 11.0 Å². The van der Waals surface area contributed by atoms with Gasteiger partial charge in [0, 0.05) is 13.2 Å². The SMILES string of the molecule is O=C(Cn1nnn(-c2cccs2)c1=O)NCC1CCCO1. The van der Waals surface area contributed by atoms with E-state index in [2.05, 4.69) is 15.7 Å². The molecule has 0 saturated carbocycles. The first-order valence-corrected chi connectivity index (χ1v) is 7.57. The zero-order valence-corrected chi connectivity index (χ0v) is 12.1. The molecule has 3 rings (SSSR count). The number of rotatable bonds is 5. The summed E-state index contributed by atoms with van der Waals surface area (Å²) in [5, 5.41) is 12.8. The van der Waals surface area contributed by atoms with Crippen molar-refractivity contribution in [3.63, 3.8) is 0 Å². The highest BCUT2D eigenvalue weighted by Gasteiger charge is 2.17. The molecule has 0 bridgehead atoms. The van der Waals surface area contributed by atoms with Gasteiger partial charge in [-0.05, 0) is 40.8 Å². The molecule has 21 heavy (non-hydrogen) atoms. The number of thiophene rings is 1. The molecular weight excluding hydrogens is 294 g/mol. The fourth-order valence-corrected chi connectivity index (χ4v) is 2.80. The fourth-order valence-electron chi connectivity index (χ4n) is 2.13. The second-order valence-corrected chi connectivity index (χ2v) is 5.65. The molecule has 1 aliphatic heterocycles. The van der Waals surface area contributed by atoms with Gasteiger partial charge in [0.25, 0.3) is 0 Å². The predicted molar refractivity (Wildman–Crippen MR) is 75.5 cm³/mol. The van der Waals surface area contributed by atoms with Crippen LogP contribution in [0.4, 0.5) is 0 Å². The van der Waals surface area contributed by atoms with Crippen LogP contribution in [0.2, 0.25) is 0 Å². The van der Waals surface area contributed by atoms with Gasteiger partial charge >= 0.3 is 5.69 Å². The number of carbonyl (C=O) groups is 1. The first-order chi connectivity index (χ1) is 10.2. The zero-order chi connectivity index (χ0) is 14.7. The van der Waals surface area contributed by atoms with E-state index in [4.69, 9.17) is 4.74 Å². The van der Waals surface area contributed by atoms with E-state index >= 15 is 0 Å². The quantitative estimate of drug-likeness (QED) is 0.825. The summed E-state index contributed by atoms with van der Waals surface area (Å²) in [6, 6.07) is 3.59. The molecule has 1 saturated heterocycles. The zero-order valence-electron chi connectivity index (χ0n) is 11.3. The molecule has 112 valence electrons. The largest absolute Gasteiger partial charge is 0.376 e. The topological polar surface area (TPSA) is 91.0 Å². The maximum absolute atomic E-state index is 12.1. The van der Waals surface area contributed by atoms with Gasteiger partial charge in [-0.15, -0.1) is 11.3 Å². The Bertz CT molecular complexity index is 657. The van der Waals surface area contributed by atoms with E-state index in [0.29, 0.717) is 11.5 Å². The van der Waals surface area contributed by atoms with Crippen LogP contribution in [0.15, 0.2) is 22.3 Å². The van der Waals surface area contributed by atoms with E-state index in [9.17, 15) is 9.59 Å². The molecule has 3 heterocycles. The molecular formula is C12H15N5O3S. The normalized spacial score (nSPS) is 18.0. The Morgan fingerprint density at radius 2 is 2.43 bits per heavy atom. The molecule has 1 fully saturated rings. The minimum atomic E-state index is -0.426. The van der Waals surface area contributed by atoms with Gasteiger partial charge in [-0.2, -0.15) is 9.36 Å². The second-order valence-electron chi connectivity index (χ2n) is 4.72. The van der Waals surface area contributed by atoms with E-state index in [0.717, 1.165) is 24.1 Å². The highest BCUT2D eigenvalue weighted by molar-refractivity contribution is 7.12. The molecule has 2 aromatic rings. The number of nitrogens with zero attached hydrogens (tertiary/aromatic N) is 4. The maximum atomic E-state index is 12.1. The van der Waals surface area contributed by atoms with Gasteiger partial charge in [0.1, 0.15) is 11.5 Å².